The number of non-ortho nitro benzene ring substituents is 1. The summed E-state index contributed by atoms with van der Waals surface area (Å²) in [5, 5.41) is 13.5. The van der Waals surface area contributed by atoms with Gasteiger partial charge in [0.15, 0.2) is 5.13 Å². The van der Waals surface area contributed by atoms with Crippen LogP contribution >= 0.6 is 11.3 Å². The SMILES string of the molecule is Cc1ccc2sc(NC(=O)Oc3ccc([N+](=O)[O-])cc3)nc2c1. The predicted molar refractivity (Wildman–Crippen MR) is 87.1 cm³/mol. The number of nitro benzene ring substituents is 1. The lowest BCUT2D eigenvalue weighted by atomic mass is 10.2. The second-order valence-electron chi connectivity index (χ2n) is 4.76. The lowest BCUT2D eigenvalue weighted by Gasteiger charge is -2.03. The van der Waals surface area contributed by atoms with Gasteiger partial charge in [-0.25, -0.2) is 9.78 Å². The van der Waals surface area contributed by atoms with Crippen LogP contribution in [0.1, 0.15) is 5.56 Å². The van der Waals surface area contributed by atoms with Crippen LogP contribution in [0, 0.1) is 17.0 Å². The maximum absolute atomic E-state index is 11.8. The van der Waals surface area contributed by atoms with Gasteiger partial charge in [-0.15, -0.1) is 0 Å². The molecule has 7 nitrogen and oxygen atoms in total. The van der Waals surface area contributed by atoms with E-state index in [0.29, 0.717) is 5.13 Å². The summed E-state index contributed by atoms with van der Waals surface area (Å²) >= 11 is 1.34. The van der Waals surface area contributed by atoms with Gasteiger partial charge in [0, 0.05) is 12.1 Å². The smallest absolute Gasteiger partial charge is 0.410 e. The van der Waals surface area contributed by atoms with Crippen molar-refractivity contribution in [2.45, 2.75) is 6.92 Å². The van der Waals surface area contributed by atoms with E-state index >= 15 is 0 Å². The van der Waals surface area contributed by atoms with Crippen LogP contribution in [-0.2, 0) is 0 Å². The number of hydrogen-bond acceptors (Lipinski definition) is 6. The Hall–Kier alpha value is -3.00. The summed E-state index contributed by atoms with van der Waals surface area (Å²) in [6.45, 7) is 1.97. The van der Waals surface area contributed by atoms with Crippen LogP contribution in [0.2, 0.25) is 0 Å². The molecule has 0 radical (unpaired) electrons. The van der Waals surface area contributed by atoms with Crippen molar-refractivity contribution >= 4 is 38.5 Å². The number of hydrogen-bond donors (Lipinski definition) is 1. The van der Waals surface area contributed by atoms with E-state index in [2.05, 4.69) is 10.3 Å². The number of anilines is 1. The van der Waals surface area contributed by atoms with Gasteiger partial charge in [0.25, 0.3) is 5.69 Å². The first kappa shape index (κ1) is 14.9. The lowest BCUT2D eigenvalue weighted by Crippen LogP contribution is -2.16. The Balaban J connectivity index is 1.69. The number of nitrogens with one attached hydrogen (secondary N) is 1. The molecule has 0 bridgehead atoms. The molecular weight excluding hydrogens is 318 g/mol. The summed E-state index contributed by atoms with van der Waals surface area (Å²) in [5.41, 5.74) is 1.82. The zero-order valence-corrected chi connectivity index (χ0v) is 12.8. The van der Waals surface area contributed by atoms with Crippen LogP contribution in [0.5, 0.6) is 5.75 Å². The molecule has 0 aliphatic heterocycles. The fraction of sp³-hybridized carbons (Fsp3) is 0.0667. The van der Waals surface area contributed by atoms with Crippen LogP contribution in [0.4, 0.5) is 15.6 Å². The number of thiazole rings is 1. The van der Waals surface area contributed by atoms with Gasteiger partial charge in [-0.1, -0.05) is 17.4 Å². The van der Waals surface area contributed by atoms with Gasteiger partial charge in [-0.3, -0.25) is 15.4 Å². The highest BCUT2D eigenvalue weighted by atomic mass is 32.1. The third kappa shape index (κ3) is 3.43. The Kier molecular flexibility index (Phi) is 3.90. The molecule has 0 aliphatic carbocycles. The Bertz CT molecular complexity index is 889. The van der Waals surface area contributed by atoms with Gasteiger partial charge in [0.05, 0.1) is 15.1 Å². The highest BCUT2D eigenvalue weighted by Gasteiger charge is 2.11. The second kappa shape index (κ2) is 6.01. The second-order valence-corrected chi connectivity index (χ2v) is 5.79. The average Bonchev–Trinajstić information content (AvgIpc) is 2.88. The van der Waals surface area contributed by atoms with Gasteiger partial charge in [-0.05, 0) is 36.8 Å². The van der Waals surface area contributed by atoms with E-state index in [4.69, 9.17) is 4.74 Å². The molecule has 1 amide bonds. The minimum Gasteiger partial charge on any atom is -0.410 e. The molecule has 0 atom stereocenters. The summed E-state index contributed by atoms with van der Waals surface area (Å²) in [6.07, 6.45) is -0.699. The number of aromatic nitrogens is 1. The van der Waals surface area contributed by atoms with Crippen molar-refractivity contribution in [3.8, 4) is 5.75 Å². The topological polar surface area (TPSA) is 94.4 Å². The number of amides is 1. The Morgan fingerprint density at radius 2 is 2.00 bits per heavy atom. The molecule has 1 heterocycles. The van der Waals surface area contributed by atoms with E-state index in [1.807, 2.05) is 25.1 Å². The molecule has 8 heteroatoms. The minimum atomic E-state index is -0.699. The van der Waals surface area contributed by atoms with E-state index < -0.39 is 11.0 Å². The number of nitrogens with zero attached hydrogens (tertiary/aromatic N) is 2. The van der Waals surface area contributed by atoms with Crippen LogP contribution in [0.3, 0.4) is 0 Å². The molecular formula is C15H11N3O4S. The maximum Gasteiger partial charge on any atom is 0.418 e. The van der Waals surface area contributed by atoms with Gasteiger partial charge in [0.2, 0.25) is 0 Å². The number of aryl methyl sites for hydroxylation is 1. The first-order chi connectivity index (χ1) is 11.0. The third-order valence-electron chi connectivity index (χ3n) is 3.01. The Morgan fingerprint density at radius 3 is 2.70 bits per heavy atom. The molecule has 3 aromatic rings. The fourth-order valence-corrected chi connectivity index (χ4v) is 2.78. The first-order valence-electron chi connectivity index (χ1n) is 6.62. The van der Waals surface area contributed by atoms with Crippen molar-refractivity contribution in [3.63, 3.8) is 0 Å². The molecule has 3 rings (SSSR count). The Morgan fingerprint density at radius 1 is 1.26 bits per heavy atom. The first-order valence-corrected chi connectivity index (χ1v) is 7.43. The molecule has 1 N–H and O–H groups in total. The molecule has 1 aromatic heterocycles. The number of nitro groups is 1. The maximum atomic E-state index is 11.8. The molecule has 0 saturated heterocycles. The van der Waals surface area contributed by atoms with Crippen molar-refractivity contribution in [1.82, 2.24) is 4.98 Å². The Labute approximate surface area is 134 Å². The highest BCUT2D eigenvalue weighted by Crippen LogP contribution is 2.27. The normalized spacial score (nSPS) is 10.5. The van der Waals surface area contributed by atoms with E-state index in [1.165, 1.54) is 35.6 Å². The van der Waals surface area contributed by atoms with Crippen molar-refractivity contribution in [2.75, 3.05) is 5.32 Å². The van der Waals surface area contributed by atoms with Gasteiger partial charge < -0.3 is 4.74 Å². The number of rotatable bonds is 3. The van der Waals surface area contributed by atoms with E-state index in [9.17, 15) is 14.9 Å². The van der Waals surface area contributed by atoms with Crippen molar-refractivity contribution in [3.05, 3.63) is 58.1 Å². The van der Waals surface area contributed by atoms with E-state index in [0.717, 1.165) is 15.8 Å². The summed E-state index contributed by atoms with van der Waals surface area (Å²) in [7, 11) is 0. The number of ether oxygens (including phenoxy) is 1. The number of fused-ring (bicyclic) bond motifs is 1. The minimum absolute atomic E-state index is 0.0701. The molecule has 2 aromatic carbocycles. The van der Waals surface area contributed by atoms with Crippen molar-refractivity contribution in [2.24, 2.45) is 0 Å². The van der Waals surface area contributed by atoms with Crippen LogP contribution in [0.25, 0.3) is 10.2 Å². The number of carbonyl (C=O) groups excluding carboxylic acids is 1. The number of carbonyl (C=O) groups is 1. The molecule has 116 valence electrons. The largest absolute Gasteiger partial charge is 0.418 e. The van der Waals surface area contributed by atoms with Gasteiger partial charge in [-0.2, -0.15) is 0 Å². The summed E-state index contributed by atoms with van der Waals surface area (Å²) in [4.78, 5) is 26.2. The summed E-state index contributed by atoms with van der Waals surface area (Å²) in [6, 6.07) is 11.1. The summed E-state index contributed by atoms with van der Waals surface area (Å²) < 4.78 is 6.03. The zero-order valence-electron chi connectivity index (χ0n) is 12.0. The van der Waals surface area contributed by atoms with Gasteiger partial charge >= 0.3 is 6.09 Å². The van der Waals surface area contributed by atoms with Crippen molar-refractivity contribution < 1.29 is 14.5 Å². The van der Waals surface area contributed by atoms with Crippen LogP contribution in [0.15, 0.2) is 42.5 Å². The average molecular weight is 329 g/mol. The molecule has 23 heavy (non-hydrogen) atoms. The van der Waals surface area contributed by atoms with Crippen LogP contribution < -0.4 is 10.1 Å². The van der Waals surface area contributed by atoms with Gasteiger partial charge in [0.1, 0.15) is 5.75 Å². The summed E-state index contributed by atoms with van der Waals surface area (Å²) in [5.74, 6) is 0.213. The fourth-order valence-electron chi connectivity index (χ4n) is 1.95. The van der Waals surface area contributed by atoms with Crippen molar-refractivity contribution in [1.29, 1.82) is 0 Å². The standard InChI is InChI=1S/C15H11N3O4S/c1-9-2-7-13-12(8-9)16-14(23-13)17-15(19)22-11-5-3-10(4-6-11)18(20)21/h2-8H,1H3,(H,16,17,19). The molecule has 0 fully saturated rings. The molecule has 0 saturated carbocycles. The molecule has 0 unspecified atom stereocenters. The van der Waals surface area contributed by atoms with Crippen LogP contribution in [-0.4, -0.2) is 16.0 Å². The zero-order chi connectivity index (χ0) is 16.4. The highest BCUT2D eigenvalue weighted by molar-refractivity contribution is 7.22. The predicted octanol–water partition coefficient (Wildman–Crippen LogP) is 4.12. The molecule has 0 aliphatic rings. The number of benzene rings is 2. The van der Waals surface area contributed by atoms with E-state index in [1.54, 1.807) is 0 Å². The third-order valence-corrected chi connectivity index (χ3v) is 3.96. The monoisotopic (exact) mass is 329 g/mol. The van der Waals surface area contributed by atoms with E-state index in [-0.39, 0.29) is 11.4 Å². The molecule has 0 spiro atoms. The quantitative estimate of drug-likeness (QED) is 0.576. The lowest BCUT2D eigenvalue weighted by molar-refractivity contribution is -0.384.